The van der Waals surface area contributed by atoms with Crippen LogP contribution in [0.5, 0.6) is 11.5 Å². The van der Waals surface area contributed by atoms with Crippen LogP contribution in [0.2, 0.25) is 0 Å². The van der Waals surface area contributed by atoms with Gasteiger partial charge in [0.1, 0.15) is 13.2 Å². The Bertz CT molecular complexity index is 1500. The average molecular weight is 521 g/mol. The highest BCUT2D eigenvalue weighted by Gasteiger charge is 2.24. The van der Waals surface area contributed by atoms with Crippen molar-refractivity contribution in [1.82, 2.24) is 14.5 Å². The topological polar surface area (TPSA) is 124 Å². The molecule has 1 N–H and O–H groups in total. The normalized spacial score (nSPS) is 12.9. The molecule has 0 radical (unpaired) electrons. The lowest BCUT2D eigenvalue weighted by Crippen LogP contribution is -2.30. The van der Waals surface area contributed by atoms with E-state index in [-0.39, 0.29) is 28.9 Å². The summed E-state index contributed by atoms with van der Waals surface area (Å²) in [6, 6.07) is 20.2. The highest BCUT2D eigenvalue weighted by Crippen LogP contribution is 2.34. The summed E-state index contributed by atoms with van der Waals surface area (Å²) < 4.78 is 44.3. The van der Waals surface area contributed by atoms with Gasteiger partial charge in [-0.15, -0.1) is 5.10 Å². The highest BCUT2D eigenvalue weighted by atomic mass is 32.2. The van der Waals surface area contributed by atoms with E-state index in [1.807, 2.05) is 30.3 Å². The van der Waals surface area contributed by atoms with Gasteiger partial charge < -0.3 is 13.9 Å². The maximum absolute atomic E-state index is 13.1. The third kappa shape index (κ3) is 5.32. The summed E-state index contributed by atoms with van der Waals surface area (Å²) in [5.74, 6) is 0.897. The summed E-state index contributed by atoms with van der Waals surface area (Å²) in [4.78, 5) is 12.8. The van der Waals surface area contributed by atoms with Gasteiger partial charge in [-0.1, -0.05) is 42.4 Å². The second-order valence-electron chi connectivity index (χ2n) is 8.17. The van der Waals surface area contributed by atoms with Gasteiger partial charge in [-0.2, -0.15) is 4.31 Å². The highest BCUT2D eigenvalue weighted by molar-refractivity contribution is 7.89. The Morgan fingerprint density at radius 2 is 1.68 bits per heavy atom. The minimum atomic E-state index is -3.74. The Balaban J connectivity index is 1.26. The molecule has 1 amide bonds. The summed E-state index contributed by atoms with van der Waals surface area (Å²) in [6.07, 6.45) is 0. The monoisotopic (exact) mass is 520 g/mol. The minimum Gasteiger partial charge on any atom is -0.486 e. The van der Waals surface area contributed by atoms with Crippen molar-refractivity contribution in [3.63, 3.8) is 0 Å². The van der Waals surface area contributed by atoms with Crippen LogP contribution in [0, 0.1) is 0 Å². The SMILES string of the molecule is CCN(Cc1ccccc1)S(=O)(=O)c1ccc(C(=O)Nc2nnc(-c3ccc4c(c3)OCCO4)o2)cc1. The van der Waals surface area contributed by atoms with E-state index in [2.05, 4.69) is 15.5 Å². The predicted molar refractivity (Wildman–Crippen MR) is 135 cm³/mol. The zero-order valence-electron chi connectivity index (χ0n) is 20.0. The molecular formula is C26H24N4O6S. The quantitative estimate of drug-likeness (QED) is 0.370. The van der Waals surface area contributed by atoms with E-state index in [4.69, 9.17) is 13.9 Å². The van der Waals surface area contributed by atoms with Gasteiger partial charge in [0.05, 0.1) is 4.90 Å². The Kier molecular flexibility index (Phi) is 6.89. The number of carbonyl (C=O) groups is 1. The van der Waals surface area contributed by atoms with E-state index in [0.717, 1.165) is 5.56 Å². The molecule has 2 heterocycles. The third-order valence-electron chi connectivity index (χ3n) is 5.74. The molecule has 37 heavy (non-hydrogen) atoms. The summed E-state index contributed by atoms with van der Waals surface area (Å²) in [5, 5.41) is 10.4. The number of nitrogens with one attached hydrogen (secondary N) is 1. The van der Waals surface area contributed by atoms with Crippen LogP contribution >= 0.6 is 0 Å². The number of anilines is 1. The van der Waals surface area contributed by atoms with Crippen LogP contribution < -0.4 is 14.8 Å². The number of rotatable bonds is 8. The van der Waals surface area contributed by atoms with Crippen LogP contribution in [0.25, 0.3) is 11.5 Å². The number of aromatic nitrogens is 2. The van der Waals surface area contributed by atoms with Crippen LogP contribution in [-0.4, -0.2) is 48.6 Å². The van der Waals surface area contributed by atoms with Gasteiger partial charge in [-0.25, -0.2) is 8.42 Å². The smallest absolute Gasteiger partial charge is 0.322 e. The van der Waals surface area contributed by atoms with Crippen LogP contribution in [0.3, 0.4) is 0 Å². The van der Waals surface area contributed by atoms with Gasteiger partial charge in [0.15, 0.2) is 11.5 Å². The molecule has 0 aliphatic carbocycles. The zero-order valence-corrected chi connectivity index (χ0v) is 20.8. The Morgan fingerprint density at radius 3 is 2.41 bits per heavy atom. The molecule has 190 valence electrons. The molecule has 0 spiro atoms. The Morgan fingerprint density at radius 1 is 0.946 bits per heavy atom. The number of benzene rings is 3. The molecule has 3 aromatic carbocycles. The summed E-state index contributed by atoms with van der Waals surface area (Å²) in [6.45, 7) is 3.28. The second kappa shape index (κ2) is 10.4. The lowest BCUT2D eigenvalue weighted by atomic mass is 10.2. The molecule has 0 saturated heterocycles. The molecule has 0 saturated carbocycles. The molecular weight excluding hydrogens is 496 g/mol. The molecule has 1 aromatic heterocycles. The molecule has 0 atom stereocenters. The van der Waals surface area contributed by atoms with E-state index in [9.17, 15) is 13.2 Å². The molecule has 5 rings (SSSR count). The summed E-state index contributed by atoms with van der Waals surface area (Å²) in [7, 11) is -3.74. The molecule has 1 aliphatic heterocycles. The molecule has 1 aliphatic rings. The molecule has 0 unspecified atom stereocenters. The van der Waals surface area contributed by atoms with Gasteiger partial charge in [0.25, 0.3) is 5.91 Å². The number of carbonyl (C=O) groups excluding carboxylic acids is 1. The van der Waals surface area contributed by atoms with Crippen molar-refractivity contribution in [2.45, 2.75) is 18.4 Å². The first-order valence-corrected chi connectivity index (χ1v) is 13.1. The maximum atomic E-state index is 13.1. The van der Waals surface area contributed by atoms with Gasteiger partial charge >= 0.3 is 6.01 Å². The molecule has 0 fully saturated rings. The van der Waals surface area contributed by atoms with E-state index in [0.29, 0.717) is 36.8 Å². The van der Waals surface area contributed by atoms with Gasteiger partial charge in [-0.05, 0) is 48.0 Å². The standard InChI is InChI=1S/C26H24N4O6S/c1-2-30(17-18-6-4-3-5-7-18)37(32,33)21-11-8-19(9-12-21)24(31)27-26-29-28-25(36-26)20-10-13-22-23(16-20)35-15-14-34-22/h3-13,16H,2,14-15,17H2,1H3,(H,27,29,31). The number of amides is 1. The fourth-order valence-corrected chi connectivity index (χ4v) is 5.25. The fourth-order valence-electron chi connectivity index (χ4n) is 3.82. The van der Waals surface area contributed by atoms with E-state index in [1.54, 1.807) is 25.1 Å². The van der Waals surface area contributed by atoms with Crippen molar-refractivity contribution in [3.8, 4) is 23.0 Å². The molecule has 0 bridgehead atoms. The minimum absolute atomic E-state index is 0.0911. The first kappa shape index (κ1) is 24.5. The van der Waals surface area contributed by atoms with E-state index < -0.39 is 15.9 Å². The average Bonchev–Trinajstić information content (AvgIpc) is 3.40. The summed E-state index contributed by atoms with van der Waals surface area (Å²) in [5.41, 5.74) is 1.74. The van der Waals surface area contributed by atoms with Gasteiger partial charge in [0, 0.05) is 24.2 Å². The number of hydrogen-bond acceptors (Lipinski definition) is 8. The molecule has 10 nitrogen and oxygen atoms in total. The van der Waals surface area contributed by atoms with Crippen molar-refractivity contribution < 1.29 is 27.1 Å². The van der Waals surface area contributed by atoms with Crippen LogP contribution in [-0.2, 0) is 16.6 Å². The number of hydrogen-bond donors (Lipinski definition) is 1. The van der Waals surface area contributed by atoms with Gasteiger partial charge in [0.2, 0.25) is 15.9 Å². The number of fused-ring (bicyclic) bond motifs is 1. The lowest BCUT2D eigenvalue weighted by Gasteiger charge is -2.20. The Labute approximate surface area is 213 Å². The van der Waals surface area contributed by atoms with Crippen molar-refractivity contribution in [3.05, 3.63) is 83.9 Å². The predicted octanol–water partition coefficient (Wildman–Crippen LogP) is 3.97. The first-order chi connectivity index (χ1) is 17.9. The van der Waals surface area contributed by atoms with Crippen LogP contribution in [0.4, 0.5) is 6.01 Å². The number of sulfonamides is 1. The number of ether oxygens (including phenoxy) is 2. The van der Waals surface area contributed by atoms with Crippen molar-refractivity contribution in [2.75, 3.05) is 25.1 Å². The zero-order chi connectivity index (χ0) is 25.8. The Hall–Kier alpha value is -4.22. The number of nitrogens with zero attached hydrogens (tertiary/aromatic N) is 3. The second-order valence-corrected chi connectivity index (χ2v) is 10.1. The van der Waals surface area contributed by atoms with Crippen molar-refractivity contribution >= 4 is 21.9 Å². The first-order valence-electron chi connectivity index (χ1n) is 11.6. The van der Waals surface area contributed by atoms with Crippen molar-refractivity contribution in [2.24, 2.45) is 0 Å². The lowest BCUT2D eigenvalue weighted by molar-refractivity contribution is 0.102. The van der Waals surface area contributed by atoms with Gasteiger partial charge in [-0.3, -0.25) is 10.1 Å². The third-order valence-corrected chi connectivity index (χ3v) is 7.68. The fraction of sp³-hybridized carbons (Fsp3) is 0.192. The summed E-state index contributed by atoms with van der Waals surface area (Å²) >= 11 is 0. The maximum Gasteiger partial charge on any atom is 0.322 e. The molecule has 11 heteroatoms. The van der Waals surface area contributed by atoms with E-state index >= 15 is 0 Å². The van der Waals surface area contributed by atoms with Crippen LogP contribution in [0.15, 0.2) is 82.1 Å². The van der Waals surface area contributed by atoms with E-state index in [1.165, 1.54) is 28.6 Å². The largest absolute Gasteiger partial charge is 0.486 e. The van der Waals surface area contributed by atoms with Crippen LogP contribution in [0.1, 0.15) is 22.8 Å². The molecule has 4 aromatic rings. The van der Waals surface area contributed by atoms with Crippen molar-refractivity contribution in [1.29, 1.82) is 0 Å².